The molecular weight excluding hydrogens is 475 g/mol. The Balaban J connectivity index is 1.79. The zero-order valence-corrected chi connectivity index (χ0v) is 19.5. The molecule has 33 heavy (non-hydrogen) atoms. The molecule has 0 aliphatic heterocycles. The lowest BCUT2D eigenvalue weighted by atomic mass is 10.1. The van der Waals surface area contributed by atoms with Crippen LogP contribution in [0.2, 0.25) is 0 Å². The van der Waals surface area contributed by atoms with E-state index in [2.05, 4.69) is 14.4 Å². The first kappa shape index (κ1) is 24.9. The van der Waals surface area contributed by atoms with Crippen LogP contribution in [0.4, 0.5) is 18.3 Å². The SMILES string of the molecule is Cc1sc(N(CCc2ccc(OC(F)F)cc2)Cc2ccc(F)cc2)nc1C(=O)N[S+](C)[O-]. The van der Waals surface area contributed by atoms with Gasteiger partial charge in [0.15, 0.2) is 5.13 Å². The molecule has 1 N–H and O–H groups in total. The number of carbonyl (C=O) groups is 1. The predicted molar refractivity (Wildman–Crippen MR) is 123 cm³/mol. The molecule has 2 aromatic carbocycles. The van der Waals surface area contributed by atoms with E-state index in [1.807, 2.05) is 4.90 Å². The second kappa shape index (κ2) is 11.4. The number of thiazole rings is 1. The molecule has 0 bridgehead atoms. The van der Waals surface area contributed by atoms with Crippen LogP contribution in [0.5, 0.6) is 5.75 Å². The Labute approximate surface area is 196 Å². The number of amides is 1. The van der Waals surface area contributed by atoms with Crippen molar-refractivity contribution in [3.63, 3.8) is 0 Å². The number of rotatable bonds is 10. The predicted octanol–water partition coefficient (Wildman–Crippen LogP) is 4.46. The Morgan fingerprint density at radius 1 is 1.18 bits per heavy atom. The van der Waals surface area contributed by atoms with Crippen LogP contribution >= 0.6 is 11.3 Å². The second-order valence-corrected chi connectivity index (χ2v) is 9.40. The van der Waals surface area contributed by atoms with Gasteiger partial charge in [-0.1, -0.05) is 24.3 Å². The highest BCUT2D eigenvalue weighted by molar-refractivity contribution is 7.89. The van der Waals surface area contributed by atoms with Crippen LogP contribution in [0, 0.1) is 12.7 Å². The fraction of sp³-hybridized carbons (Fsp3) is 0.273. The number of hydrogen-bond acceptors (Lipinski definition) is 6. The Bertz CT molecular complexity index is 1060. The van der Waals surface area contributed by atoms with Crippen molar-refractivity contribution >= 4 is 33.7 Å². The number of aromatic nitrogens is 1. The maximum absolute atomic E-state index is 13.3. The third-order valence-corrected chi connectivity index (χ3v) is 6.12. The summed E-state index contributed by atoms with van der Waals surface area (Å²) in [6.45, 7) is -0.209. The first-order valence-electron chi connectivity index (χ1n) is 9.86. The average molecular weight is 498 g/mol. The highest BCUT2D eigenvalue weighted by Crippen LogP contribution is 2.28. The van der Waals surface area contributed by atoms with Gasteiger partial charge in [0.1, 0.15) is 23.5 Å². The summed E-state index contributed by atoms with van der Waals surface area (Å²) in [7, 11) is 0. The number of hydrogen-bond donors (Lipinski definition) is 1. The summed E-state index contributed by atoms with van der Waals surface area (Å²) < 4.78 is 56.1. The molecule has 1 aromatic heterocycles. The fourth-order valence-corrected chi connectivity index (χ4v) is 4.35. The van der Waals surface area contributed by atoms with Gasteiger partial charge in [-0.2, -0.15) is 13.5 Å². The monoisotopic (exact) mass is 497 g/mol. The number of carbonyl (C=O) groups excluding carboxylic acids is 1. The zero-order chi connectivity index (χ0) is 24.0. The van der Waals surface area contributed by atoms with E-state index in [0.717, 1.165) is 11.1 Å². The summed E-state index contributed by atoms with van der Waals surface area (Å²) in [6, 6.07) is 12.5. The van der Waals surface area contributed by atoms with Crippen LogP contribution in [0.25, 0.3) is 0 Å². The molecule has 0 fully saturated rings. The lowest BCUT2D eigenvalue weighted by Gasteiger charge is -2.22. The van der Waals surface area contributed by atoms with Crippen LogP contribution in [0.3, 0.4) is 0 Å². The first-order chi connectivity index (χ1) is 15.7. The van der Waals surface area contributed by atoms with Gasteiger partial charge in [-0.3, -0.25) is 4.79 Å². The molecule has 176 valence electrons. The number of nitrogens with one attached hydrogen (secondary N) is 1. The number of benzene rings is 2. The van der Waals surface area contributed by atoms with E-state index in [9.17, 15) is 22.5 Å². The molecule has 0 aliphatic carbocycles. The fourth-order valence-electron chi connectivity index (χ4n) is 3.06. The van der Waals surface area contributed by atoms with Crippen LogP contribution in [-0.4, -0.2) is 34.9 Å². The number of anilines is 1. The molecule has 1 heterocycles. The Morgan fingerprint density at radius 3 is 2.42 bits per heavy atom. The first-order valence-corrected chi connectivity index (χ1v) is 12.2. The van der Waals surface area contributed by atoms with E-state index in [-0.39, 0.29) is 17.3 Å². The lowest BCUT2D eigenvalue weighted by molar-refractivity contribution is -0.0498. The van der Waals surface area contributed by atoms with E-state index in [0.29, 0.717) is 29.5 Å². The van der Waals surface area contributed by atoms with Crippen molar-refractivity contribution in [1.82, 2.24) is 9.71 Å². The van der Waals surface area contributed by atoms with Crippen LogP contribution < -0.4 is 14.4 Å². The maximum atomic E-state index is 13.3. The minimum absolute atomic E-state index is 0.0800. The van der Waals surface area contributed by atoms with Crippen molar-refractivity contribution in [3.05, 3.63) is 76.0 Å². The van der Waals surface area contributed by atoms with E-state index in [4.69, 9.17) is 0 Å². The van der Waals surface area contributed by atoms with Crippen molar-refractivity contribution in [2.45, 2.75) is 26.5 Å². The Hall–Kier alpha value is -2.76. The summed E-state index contributed by atoms with van der Waals surface area (Å²) in [5, 5.41) is 0.585. The van der Waals surface area contributed by atoms with Crippen LogP contribution in [0.15, 0.2) is 48.5 Å². The van der Waals surface area contributed by atoms with Crippen molar-refractivity contribution in [2.75, 3.05) is 17.7 Å². The summed E-state index contributed by atoms with van der Waals surface area (Å²) in [6.07, 6.45) is 1.92. The standard InChI is InChI=1S/C22H22F3N3O3S2/c1-14-19(20(29)27-33(2)30)26-22(32-14)28(13-16-3-7-17(23)8-4-16)12-11-15-5-9-18(10-6-15)31-21(24)25/h3-10,21H,11-13H2,1-2H3,(H,27,29). The second-order valence-electron chi connectivity index (χ2n) is 7.11. The molecule has 0 radical (unpaired) electrons. The van der Waals surface area contributed by atoms with Gasteiger partial charge in [-0.05, 0) is 48.7 Å². The molecule has 1 atom stereocenters. The Morgan fingerprint density at radius 2 is 1.82 bits per heavy atom. The van der Waals surface area contributed by atoms with Crippen molar-refractivity contribution in [1.29, 1.82) is 0 Å². The van der Waals surface area contributed by atoms with Crippen LogP contribution in [0.1, 0.15) is 26.5 Å². The highest BCUT2D eigenvalue weighted by Gasteiger charge is 2.21. The summed E-state index contributed by atoms with van der Waals surface area (Å²) in [4.78, 5) is 19.4. The van der Waals surface area contributed by atoms with Crippen molar-refractivity contribution < 1.29 is 27.3 Å². The zero-order valence-electron chi connectivity index (χ0n) is 17.9. The summed E-state index contributed by atoms with van der Waals surface area (Å²) in [5.74, 6) is -0.781. The van der Waals surface area contributed by atoms with Gasteiger partial charge in [0.2, 0.25) is 0 Å². The molecule has 11 heteroatoms. The molecule has 3 rings (SSSR count). The molecule has 0 spiro atoms. The molecule has 3 aromatic rings. The quantitative estimate of drug-likeness (QED) is 0.419. The smallest absolute Gasteiger partial charge is 0.387 e. The molecule has 0 saturated heterocycles. The minimum Gasteiger partial charge on any atom is -0.593 e. The van der Waals surface area contributed by atoms with E-state index >= 15 is 0 Å². The molecular formula is C22H22F3N3O3S2. The molecule has 0 saturated carbocycles. The number of alkyl halides is 2. The summed E-state index contributed by atoms with van der Waals surface area (Å²) >= 11 is -0.193. The number of aryl methyl sites for hydroxylation is 1. The van der Waals surface area contributed by atoms with Crippen LogP contribution in [-0.2, 0) is 24.3 Å². The van der Waals surface area contributed by atoms with Gasteiger partial charge >= 0.3 is 12.5 Å². The molecule has 1 amide bonds. The van der Waals surface area contributed by atoms with Gasteiger partial charge in [0.25, 0.3) is 0 Å². The Kier molecular flexibility index (Phi) is 8.59. The van der Waals surface area contributed by atoms with Gasteiger partial charge in [-0.25, -0.2) is 9.37 Å². The average Bonchev–Trinajstić information content (AvgIpc) is 3.14. The molecule has 0 aliphatic rings. The molecule has 1 unspecified atom stereocenters. The third kappa shape index (κ3) is 7.37. The largest absolute Gasteiger partial charge is 0.593 e. The van der Waals surface area contributed by atoms with E-state index in [1.54, 1.807) is 31.2 Å². The summed E-state index contributed by atoms with van der Waals surface area (Å²) in [5.41, 5.74) is 1.95. The number of halogens is 3. The highest BCUT2D eigenvalue weighted by atomic mass is 32.2. The topological polar surface area (TPSA) is 77.5 Å². The maximum Gasteiger partial charge on any atom is 0.387 e. The van der Waals surface area contributed by atoms with Gasteiger partial charge in [-0.15, -0.1) is 11.3 Å². The van der Waals surface area contributed by atoms with Crippen molar-refractivity contribution in [2.24, 2.45) is 0 Å². The normalized spacial score (nSPS) is 12.0. The number of ether oxygens (including phenoxy) is 1. The van der Waals surface area contributed by atoms with E-state index in [1.165, 1.54) is 41.9 Å². The molecule has 6 nitrogen and oxygen atoms in total. The van der Waals surface area contributed by atoms with E-state index < -0.39 is 23.9 Å². The third-order valence-electron chi connectivity index (χ3n) is 4.61. The lowest BCUT2D eigenvalue weighted by Crippen LogP contribution is -2.30. The van der Waals surface area contributed by atoms with Gasteiger partial charge in [0, 0.05) is 18.0 Å². The number of nitrogens with zero attached hydrogens (tertiary/aromatic N) is 2. The van der Waals surface area contributed by atoms with Crippen molar-refractivity contribution in [3.8, 4) is 5.75 Å². The van der Waals surface area contributed by atoms with Gasteiger partial charge in [0.05, 0.1) is 11.4 Å². The van der Waals surface area contributed by atoms with Gasteiger partial charge < -0.3 is 14.2 Å². The minimum atomic E-state index is -2.88.